The molecule has 0 aliphatic heterocycles. The lowest BCUT2D eigenvalue weighted by Crippen LogP contribution is -2.47. The van der Waals surface area contributed by atoms with Crippen LogP contribution in [0.2, 0.25) is 0 Å². The molecule has 9 heteroatoms. The van der Waals surface area contributed by atoms with Gasteiger partial charge in [0.2, 0.25) is 5.56 Å². The molecule has 0 saturated carbocycles. The molecule has 0 aliphatic carbocycles. The minimum atomic E-state index is -4.95. The van der Waals surface area contributed by atoms with E-state index in [4.69, 9.17) is 4.74 Å². The summed E-state index contributed by atoms with van der Waals surface area (Å²) in [6, 6.07) is 12.5. The van der Waals surface area contributed by atoms with Crippen molar-refractivity contribution in [1.82, 2.24) is 4.98 Å². The van der Waals surface area contributed by atoms with Crippen LogP contribution in [0.3, 0.4) is 0 Å². The van der Waals surface area contributed by atoms with Crippen molar-refractivity contribution in [2.24, 2.45) is 4.99 Å². The Morgan fingerprint density at radius 2 is 1.97 bits per heavy atom. The SMILES string of the molecule is CCC(CC(O)(/C=N/c1cccc2[nH]c(=O)ccc12)C(F)(F)F)c1ccc(Br)cc1OC. The second-order valence-corrected chi connectivity index (χ2v) is 8.35. The van der Waals surface area contributed by atoms with E-state index in [1.54, 1.807) is 37.3 Å². The van der Waals surface area contributed by atoms with Crippen LogP contribution in [0.15, 0.2) is 62.8 Å². The minimum absolute atomic E-state index is 0.204. The monoisotopic (exact) mass is 510 g/mol. The van der Waals surface area contributed by atoms with Crippen LogP contribution < -0.4 is 10.3 Å². The van der Waals surface area contributed by atoms with E-state index < -0.39 is 24.1 Å². The van der Waals surface area contributed by atoms with E-state index in [0.29, 0.717) is 34.9 Å². The van der Waals surface area contributed by atoms with Gasteiger partial charge in [-0.2, -0.15) is 13.2 Å². The molecule has 0 fully saturated rings. The van der Waals surface area contributed by atoms with Crippen molar-refractivity contribution in [2.45, 2.75) is 37.5 Å². The van der Waals surface area contributed by atoms with Gasteiger partial charge in [0.05, 0.1) is 18.3 Å². The van der Waals surface area contributed by atoms with Crippen molar-refractivity contribution in [3.63, 3.8) is 0 Å². The number of rotatable bonds is 7. The van der Waals surface area contributed by atoms with Crippen molar-refractivity contribution in [3.05, 3.63) is 68.9 Å². The Kier molecular flexibility index (Phi) is 7.09. The summed E-state index contributed by atoms with van der Waals surface area (Å²) in [7, 11) is 1.44. The van der Waals surface area contributed by atoms with E-state index in [0.717, 1.165) is 4.47 Å². The lowest BCUT2D eigenvalue weighted by Gasteiger charge is -2.31. The van der Waals surface area contributed by atoms with Gasteiger partial charge in [0, 0.05) is 22.1 Å². The molecule has 0 amide bonds. The Bertz CT molecular complexity index is 1190. The van der Waals surface area contributed by atoms with Crippen LogP contribution in [-0.4, -0.2) is 35.2 Å². The van der Waals surface area contributed by atoms with E-state index in [9.17, 15) is 23.1 Å². The van der Waals surface area contributed by atoms with E-state index in [1.165, 1.54) is 25.3 Å². The molecule has 2 unspecified atom stereocenters. The van der Waals surface area contributed by atoms with Crippen LogP contribution >= 0.6 is 15.9 Å². The van der Waals surface area contributed by atoms with E-state index in [1.807, 2.05) is 0 Å². The molecular formula is C23H22BrF3N2O3. The van der Waals surface area contributed by atoms with Crippen molar-refractivity contribution in [2.75, 3.05) is 7.11 Å². The molecule has 2 N–H and O–H groups in total. The van der Waals surface area contributed by atoms with Crippen LogP contribution in [0, 0.1) is 0 Å². The largest absolute Gasteiger partial charge is 0.496 e. The molecule has 0 radical (unpaired) electrons. The van der Waals surface area contributed by atoms with Crippen LogP contribution in [0.25, 0.3) is 10.9 Å². The van der Waals surface area contributed by atoms with Gasteiger partial charge in [-0.15, -0.1) is 0 Å². The number of aromatic amines is 1. The number of H-pyrrole nitrogens is 1. The third-order valence-electron chi connectivity index (χ3n) is 5.34. The number of ether oxygens (including phenoxy) is 1. The van der Waals surface area contributed by atoms with E-state index in [-0.39, 0.29) is 11.2 Å². The summed E-state index contributed by atoms with van der Waals surface area (Å²) in [6.07, 6.45) is -4.69. The maximum atomic E-state index is 14.0. The molecule has 0 aliphatic rings. The number of alkyl halides is 3. The molecule has 170 valence electrons. The lowest BCUT2D eigenvalue weighted by atomic mass is 9.84. The maximum absolute atomic E-state index is 14.0. The number of hydrogen-bond acceptors (Lipinski definition) is 4. The highest BCUT2D eigenvalue weighted by Gasteiger charge is 2.53. The fourth-order valence-corrected chi connectivity index (χ4v) is 3.91. The third-order valence-corrected chi connectivity index (χ3v) is 5.83. The van der Waals surface area contributed by atoms with Gasteiger partial charge < -0.3 is 14.8 Å². The number of aliphatic imine (C=N–C) groups is 1. The quantitative estimate of drug-likeness (QED) is 0.389. The van der Waals surface area contributed by atoms with Gasteiger partial charge in [-0.1, -0.05) is 35.0 Å². The first-order chi connectivity index (χ1) is 15.1. The Balaban J connectivity index is 2.01. The highest BCUT2D eigenvalue weighted by Crippen LogP contribution is 2.42. The number of nitrogens with one attached hydrogen (secondary N) is 1. The van der Waals surface area contributed by atoms with Crippen LogP contribution in [0.5, 0.6) is 5.75 Å². The lowest BCUT2D eigenvalue weighted by molar-refractivity contribution is -0.232. The molecule has 0 bridgehead atoms. The number of methoxy groups -OCH3 is 1. The van der Waals surface area contributed by atoms with E-state index >= 15 is 0 Å². The van der Waals surface area contributed by atoms with Gasteiger partial charge in [0.1, 0.15) is 5.75 Å². The Morgan fingerprint density at radius 1 is 1.22 bits per heavy atom. The Labute approximate surface area is 191 Å². The smallest absolute Gasteiger partial charge is 0.422 e. The number of benzene rings is 2. The molecule has 1 heterocycles. The second kappa shape index (κ2) is 9.46. The number of nitrogens with zero attached hydrogens (tertiary/aromatic N) is 1. The fourth-order valence-electron chi connectivity index (χ4n) is 3.57. The predicted octanol–water partition coefficient (Wildman–Crippen LogP) is 5.88. The molecule has 2 atom stereocenters. The summed E-state index contributed by atoms with van der Waals surface area (Å²) in [5.74, 6) is -0.203. The number of halogens is 4. The summed E-state index contributed by atoms with van der Waals surface area (Å²) in [4.78, 5) is 18.1. The summed E-state index contributed by atoms with van der Waals surface area (Å²) in [5.41, 5.74) is -2.29. The molecule has 32 heavy (non-hydrogen) atoms. The van der Waals surface area contributed by atoms with Gasteiger partial charge >= 0.3 is 6.18 Å². The zero-order chi connectivity index (χ0) is 23.5. The van der Waals surface area contributed by atoms with Crippen LogP contribution in [0.4, 0.5) is 18.9 Å². The predicted molar refractivity (Wildman–Crippen MR) is 122 cm³/mol. The summed E-state index contributed by atoms with van der Waals surface area (Å²) >= 11 is 3.32. The Morgan fingerprint density at radius 3 is 2.62 bits per heavy atom. The van der Waals surface area contributed by atoms with Gasteiger partial charge in [0.25, 0.3) is 0 Å². The van der Waals surface area contributed by atoms with Gasteiger partial charge in [-0.05, 0) is 54.7 Å². The fraction of sp³-hybridized carbons (Fsp3) is 0.304. The molecule has 5 nitrogen and oxygen atoms in total. The average molecular weight is 511 g/mol. The normalized spacial score (nSPS) is 15.1. The van der Waals surface area contributed by atoms with Crippen molar-refractivity contribution < 1.29 is 23.0 Å². The zero-order valence-corrected chi connectivity index (χ0v) is 19.0. The van der Waals surface area contributed by atoms with E-state index in [2.05, 4.69) is 25.9 Å². The first-order valence-electron chi connectivity index (χ1n) is 9.88. The van der Waals surface area contributed by atoms with Crippen LogP contribution in [0.1, 0.15) is 31.2 Å². The number of aliphatic hydroxyl groups is 1. The van der Waals surface area contributed by atoms with Gasteiger partial charge in [-0.3, -0.25) is 9.79 Å². The van der Waals surface area contributed by atoms with Gasteiger partial charge in [0.15, 0.2) is 5.60 Å². The highest BCUT2D eigenvalue weighted by atomic mass is 79.9. The molecule has 1 aromatic heterocycles. The number of fused-ring (bicyclic) bond motifs is 1. The molecule has 0 spiro atoms. The van der Waals surface area contributed by atoms with Crippen molar-refractivity contribution in [3.8, 4) is 5.75 Å². The zero-order valence-electron chi connectivity index (χ0n) is 17.4. The highest BCUT2D eigenvalue weighted by molar-refractivity contribution is 9.10. The number of hydrogen-bond donors (Lipinski definition) is 2. The summed E-state index contributed by atoms with van der Waals surface area (Å²) in [5, 5.41) is 11.2. The van der Waals surface area contributed by atoms with Gasteiger partial charge in [-0.25, -0.2) is 0 Å². The number of aromatic nitrogens is 1. The molecular weight excluding hydrogens is 489 g/mol. The first kappa shape index (κ1) is 24.0. The average Bonchev–Trinajstić information content (AvgIpc) is 2.75. The van der Waals surface area contributed by atoms with Crippen molar-refractivity contribution >= 4 is 38.7 Å². The Hall–Kier alpha value is -2.65. The molecule has 3 rings (SSSR count). The molecule has 0 saturated heterocycles. The third kappa shape index (κ3) is 5.05. The summed E-state index contributed by atoms with van der Waals surface area (Å²) < 4.78 is 48.1. The van der Waals surface area contributed by atoms with Crippen molar-refractivity contribution in [1.29, 1.82) is 0 Å². The molecule has 3 aromatic rings. The maximum Gasteiger partial charge on any atom is 0.422 e. The second-order valence-electron chi connectivity index (χ2n) is 7.44. The topological polar surface area (TPSA) is 74.7 Å². The first-order valence-corrected chi connectivity index (χ1v) is 10.7. The minimum Gasteiger partial charge on any atom is -0.496 e. The summed E-state index contributed by atoms with van der Waals surface area (Å²) in [6.45, 7) is 1.75. The number of pyridine rings is 1. The van der Waals surface area contributed by atoms with Crippen LogP contribution in [-0.2, 0) is 0 Å². The standard InChI is InChI=1S/C23H22BrF3N2O3/c1-3-14(16-8-7-15(24)11-20(16)32-2)12-22(31,23(25,26)27)13-28-18-5-4-6-19-17(18)9-10-21(30)29-19/h4-11,13-14,31H,3,12H2,1-2H3,(H,29,30)/b28-13+. The molecule has 2 aromatic carbocycles.